The monoisotopic (exact) mass is 282 g/mol. The van der Waals surface area contributed by atoms with Gasteiger partial charge >= 0.3 is 0 Å². The molecule has 0 spiro atoms. The number of methoxy groups -OCH3 is 1. The molecule has 7 heteroatoms. The molecule has 1 aromatic carbocycles. The highest BCUT2D eigenvalue weighted by Crippen LogP contribution is 2.31. The van der Waals surface area contributed by atoms with Crippen molar-refractivity contribution >= 4 is 0 Å². The van der Waals surface area contributed by atoms with E-state index in [1.807, 2.05) is 0 Å². The summed E-state index contributed by atoms with van der Waals surface area (Å²) in [6, 6.07) is 0. The van der Waals surface area contributed by atoms with E-state index in [9.17, 15) is 22.0 Å². The highest BCUT2D eigenvalue weighted by molar-refractivity contribution is 5.26. The van der Waals surface area contributed by atoms with E-state index >= 15 is 0 Å². The standard InChI is InChI=1S/C12H11F5O2/c1-3-4-6(19-5-18-2)7-8(13)10(15)12(17)11(16)9(7)14/h3,6H,1,4-5H2,2H3. The van der Waals surface area contributed by atoms with Gasteiger partial charge in [0.2, 0.25) is 5.82 Å². The van der Waals surface area contributed by atoms with Crippen LogP contribution >= 0.6 is 0 Å². The minimum Gasteiger partial charge on any atom is -0.359 e. The van der Waals surface area contributed by atoms with Crippen molar-refractivity contribution in [3.8, 4) is 0 Å². The second-order valence-corrected chi connectivity index (χ2v) is 3.57. The molecule has 19 heavy (non-hydrogen) atoms. The van der Waals surface area contributed by atoms with Gasteiger partial charge in [-0.05, 0) is 6.42 Å². The zero-order valence-electron chi connectivity index (χ0n) is 9.98. The highest BCUT2D eigenvalue weighted by atomic mass is 19.2. The zero-order chi connectivity index (χ0) is 14.6. The Bertz CT molecular complexity index is 447. The van der Waals surface area contributed by atoms with Crippen LogP contribution in [-0.4, -0.2) is 13.9 Å². The van der Waals surface area contributed by atoms with Crippen LogP contribution in [-0.2, 0) is 9.47 Å². The summed E-state index contributed by atoms with van der Waals surface area (Å²) in [4.78, 5) is 0. The Morgan fingerprint density at radius 2 is 1.47 bits per heavy atom. The molecule has 0 aliphatic carbocycles. The predicted molar refractivity (Wildman–Crippen MR) is 56.7 cm³/mol. The van der Waals surface area contributed by atoms with Gasteiger partial charge < -0.3 is 9.47 Å². The average molecular weight is 282 g/mol. The van der Waals surface area contributed by atoms with Crippen LogP contribution in [0.4, 0.5) is 22.0 Å². The molecule has 1 unspecified atom stereocenters. The number of rotatable bonds is 6. The largest absolute Gasteiger partial charge is 0.359 e. The smallest absolute Gasteiger partial charge is 0.200 e. The molecule has 0 saturated carbocycles. The second kappa shape index (κ2) is 6.63. The van der Waals surface area contributed by atoms with Gasteiger partial charge in [-0.25, -0.2) is 22.0 Å². The Hall–Kier alpha value is -1.47. The number of ether oxygens (including phenoxy) is 2. The van der Waals surface area contributed by atoms with Crippen molar-refractivity contribution in [2.24, 2.45) is 0 Å². The van der Waals surface area contributed by atoms with Crippen molar-refractivity contribution < 1.29 is 31.4 Å². The first kappa shape index (κ1) is 15.6. The summed E-state index contributed by atoms with van der Waals surface area (Å²) in [7, 11) is 1.25. The molecule has 0 bridgehead atoms. The predicted octanol–water partition coefficient (Wildman–Crippen LogP) is 3.62. The van der Waals surface area contributed by atoms with Crippen molar-refractivity contribution in [2.75, 3.05) is 13.9 Å². The van der Waals surface area contributed by atoms with Crippen molar-refractivity contribution in [2.45, 2.75) is 12.5 Å². The summed E-state index contributed by atoms with van der Waals surface area (Å²) in [5.74, 6) is -10.1. The van der Waals surface area contributed by atoms with Gasteiger partial charge in [-0.3, -0.25) is 0 Å². The van der Waals surface area contributed by atoms with Crippen molar-refractivity contribution in [1.82, 2.24) is 0 Å². The molecule has 0 aliphatic heterocycles. The number of hydrogen-bond donors (Lipinski definition) is 0. The van der Waals surface area contributed by atoms with E-state index in [0.717, 1.165) is 0 Å². The minimum absolute atomic E-state index is 0.137. The molecule has 1 atom stereocenters. The third-order valence-electron chi connectivity index (χ3n) is 2.33. The Balaban J connectivity index is 3.33. The molecule has 0 aromatic heterocycles. The Morgan fingerprint density at radius 3 is 1.89 bits per heavy atom. The quantitative estimate of drug-likeness (QED) is 0.261. The molecule has 0 aliphatic rings. The molecule has 1 rings (SSSR count). The van der Waals surface area contributed by atoms with Gasteiger partial charge in [0.25, 0.3) is 0 Å². The third kappa shape index (κ3) is 3.10. The lowest BCUT2D eigenvalue weighted by molar-refractivity contribution is -0.0745. The lowest BCUT2D eigenvalue weighted by Crippen LogP contribution is -2.14. The topological polar surface area (TPSA) is 18.5 Å². The van der Waals surface area contributed by atoms with Crippen LogP contribution in [0.15, 0.2) is 12.7 Å². The molecule has 0 fully saturated rings. The van der Waals surface area contributed by atoms with Crippen LogP contribution < -0.4 is 0 Å². The summed E-state index contributed by atoms with van der Waals surface area (Å²) >= 11 is 0. The van der Waals surface area contributed by atoms with Gasteiger partial charge in [0.1, 0.15) is 6.79 Å². The lowest BCUT2D eigenvalue weighted by Gasteiger charge is -2.18. The fraction of sp³-hybridized carbons (Fsp3) is 0.333. The summed E-state index contributed by atoms with van der Waals surface area (Å²) < 4.78 is 75.5. The summed E-state index contributed by atoms with van der Waals surface area (Å²) in [5, 5.41) is 0. The Morgan fingerprint density at radius 1 is 1.00 bits per heavy atom. The average Bonchev–Trinajstić information content (AvgIpc) is 2.40. The van der Waals surface area contributed by atoms with Crippen molar-refractivity contribution in [1.29, 1.82) is 0 Å². The van der Waals surface area contributed by atoms with E-state index in [4.69, 9.17) is 4.74 Å². The molecule has 2 nitrogen and oxygen atoms in total. The zero-order valence-corrected chi connectivity index (χ0v) is 9.98. The van der Waals surface area contributed by atoms with E-state index in [0.29, 0.717) is 0 Å². The van der Waals surface area contributed by atoms with E-state index in [2.05, 4.69) is 11.3 Å². The van der Waals surface area contributed by atoms with E-state index in [-0.39, 0.29) is 13.2 Å². The van der Waals surface area contributed by atoms with Crippen molar-refractivity contribution in [3.63, 3.8) is 0 Å². The minimum atomic E-state index is -2.21. The first-order valence-corrected chi connectivity index (χ1v) is 5.18. The highest BCUT2D eigenvalue weighted by Gasteiger charge is 2.30. The van der Waals surface area contributed by atoms with Gasteiger partial charge in [0, 0.05) is 7.11 Å². The van der Waals surface area contributed by atoms with Gasteiger partial charge in [0.05, 0.1) is 11.7 Å². The van der Waals surface area contributed by atoms with E-state index in [1.54, 1.807) is 0 Å². The molecule has 0 N–H and O–H groups in total. The molecular formula is C12H11F5O2. The van der Waals surface area contributed by atoms with Crippen LogP contribution in [0.2, 0.25) is 0 Å². The number of halogens is 5. The molecule has 0 heterocycles. The molecule has 106 valence electrons. The van der Waals surface area contributed by atoms with Gasteiger partial charge in [-0.15, -0.1) is 6.58 Å². The van der Waals surface area contributed by atoms with E-state index in [1.165, 1.54) is 13.2 Å². The fourth-order valence-corrected chi connectivity index (χ4v) is 1.48. The Labute approximate surface area is 106 Å². The third-order valence-corrected chi connectivity index (χ3v) is 2.33. The summed E-state index contributed by atoms with van der Waals surface area (Å²) in [5.41, 5.74) is -1.03. The van der Waals surface area contributed by atoms with Crippen molar-refractivity contribution in [3.05, 3.63) is 47.3 Å². The normalized spacial score (nSPS) is 12.5. The number of benzene rings is 1. The molecule has 0 amide bonds. The van der Waals surface area contributed by atoms with Crippen LogP contribution in [0.3, 0.4) is 0 Å². The fourth-order valence-electron chi connectivity index (χ4n) is 1.48. The van der Waals surface area contributed by atoms with Crippen LogP contribution in [0.25, 0.3) is 0 Å². The first-order chi connectivity index (χ1) is 8.95. The molecule has 0 radical (unpaired) electrons. The van der Waals surface area contributed by atoms with Crippen LogP contribution in [0.1, 0.15) is 18.1 Å². The Kier molecular flexibility index (Phi) is 5.44. The van der Waals surface area contributed by atoms with E-state index < -0.39 is 40.8 Å². The SMILES string of the molecule is C=CCC(OCOC)c1c(F)c(F)c(F)c(F)c1F. The number of hydrogen-bond acceptors (Lipinski definition) is 2. The molecular weight excluding hydrogens is 271 g/mol. The lowest BCUT2D eigenvalue weighted by atomic mass is 10.0. The maximum absolute atomic E-state index is 13.5. The van der Waals surface area contributed by atoms with Gasteiger partial charge in [0.15, 0.2) is 23.3 Å². The molecule has 1 aromatic rings. The summed E-state index contributed by atoms with van der Waals surface area (Å²) in [6.07, 6.45) is -0.276. The second-order valence-electron chi connectivity index (χ2n) is 3.57. The van der Waals surface area contributed by atoms with Gasteiger partial charge in [-0.2, -0.15) is 0 Å². The van der Waals surface area contributed by atoms with Gasteiger partial charge in [-0.1, -0.05) is 6.08 Å². The summed E-state index contributed by atoms with van der Waals surface area (Å²) in [6.45, 7) is 2.97. The maximum Gasteiger partial charge on any atom is 0.200 e. The maximum atomic E-state index is 13.5. The molecule has 0 saturated heterocycles. The van der Waals surface area contributed by atoms with Crippen LogP contribution in [0, 0.1) is 29.1 Å². The van der Waals surface area contributed by atoms with Crippen LogP contribution in [0.5, 0.6) is 0 Å². The first-order valence-electron chi connectivity index (χ1n) is 5.18.